The predicted molar refractivity (Wildman–Crippen MR) is 77.0 cm³/mol. The highest BCUT2D eigenvalue weighted by atomic mass is 19.1. The molecule has 21 heavy (non-hydrogen) atoms. The van der Waals surface area contributed by atoms with Gasteiger partial charge in [-0.25, -0.2) is 8.78 Å². The van der Waals surface area contributed by atoms with Crippen LogP contribution in [0.3, 0.4) is 0 Å². The number of hydrogen-bond acceptors (Lipinski definition) is 3. The maximum Gasteiger partial charge on any atom is 0.149 e. The third-order valence-electron chi connectivity index (χ3n) is 2.90. The van der Waals surface area contributed by atoms with E-state index in [0.29, 0.717) is 6.61 Å². The third kappa shape index (κ3) is 4.81. The maximum absolute atomic E-state index is 13.4. The molecule has 2 rings (SSSR count). The molecule has 0 fully saturated rings. The number of para-hydroxylation sites is 1. The maximum atomic E-state index is 13.4. The molecule has 2 N–H and O–H groups in total. The minimum Gasteiger partial charge on any atom is -0.389 e. The van der Waals surface area contributed by atoms with Crippen molar-refractivity contribution in [1.29, 1.82) is 0 Å². The summed E-state index contributed by atoms with van der Waals surface area (Å²) in [4.78, 5) is 0. The van der Waals surface area contributed by atoms with Crippen LogP contribution < -0.4 is 5.32 Å². The number of ether oxygens (including phenoxy) is 1. The average Bonchev–Trinajstić information content (AvgIpc) is 2.48. The minimum absolute atomic E-state index is 0.00659. The zero-order chi connectivity index (χ0) is 15.1. The third-order valence-corrected chi connectivity index (χ3v) is 2.90. The predicted octanol–water partition coefficient (Wildman–Crippen LogP) is 2.95. The Kier molecular flexibility index (Phi) is 5.66. The van der Waals surface area contributed by atoms with Crippen LogP contribution >= 0.6 is 0 Å². The smallest absolute Gasteiger partial charge is 0.149 e. The second-order valence-electron chi connectivity index (χ2n) is 4.63. The molecule has 112 valence electrons. The fourth-order valence-electron chi connectivity index (χ4n) is 1.83. The van der Waals surface area contributed by atoms with Gasteiger partial charge in [-0.2, -0.15) is 0 Å². The molecule has 1 unspecified atom stereocenters. The lowest BCUT2D eigenvalue weighted by Gasteiger charge is -2.14. The van der Waals surface area contributed by atoms with Crippen LogP contribution in [0.4, 0.5) is 14.5 Å². The zero-order valence-electron chi connectivity index (χ0n) is 11.4. The molecule has 2 aromatic carbocycles. The first kappa shape index (κ1) is 15.4. The van der Waals surface area contributed by atoms with Gasteiger partial charge in [0.15, 0.2) is 0 Å². The summed E-state index contributed by atoms with van der Waals surface area (Å²) in [6.07, 6.45) is -0.854. The van der Waals surface area contributed by atoms with Crippen LogP contribution in [0.15, 0.2) is 48.5 Å². The summed E-state index contributed by atoms with van der Waals surface area (Å²) in [6, 6.07) is 13.1. The summed E-state index contributed by atoms with van der Waals surface area (Å²) in [5, 5.41) is 12.3. The molecule has 5 heteroatoms. The Hall–Kier alpha value is -1.98. The van der Waals surface area contributed by atoms with Crippen molar-refractivity contribution in [3.8, 4) is 0 Å². The van der Waals surface area contributed by atoms with E-state index in [0.717, 1.165) is 17.7 Å². The molecule has 1 atom stereocenters. The van der Waals surface area contributed by atoms with Crippen LogP contribution in [-0.2, 0) is 11.3 Å². The Morgan fingerprint density at radius 3 is 2.33 bits per heavy atom. The summed E-state index contributed by atoms with van der Waals surface area (Å²) in [5.74, 6) is -1.38. The Balaban J connectivity index is 1.74. The highest BCUT2D eigenvalue weighted by Gasteiger charge is 2.10. The van der Waals surface area contributed by atoms with Crippen molar-refractivity contribution in [1.82, 2.24) is 0 Å². The van der Waals surface area contributed by atoms with Crippen molar-refractivity contribution in [2.45, 2.75) is 12.7 Å². The molecule has 0 heterocycles. The molecule has 2 aromatic rings. The van der Waals surface area contributed by atoms with Crippen molar-refractivity contribution in [3.05, 3.63) is 65.7 Å². The molecule has 0 aliphatic rings. The molecule has 0 aliphatic carbocycles. The zero-order valence-corrected chi connectivity index (χ0v) is 11.4. The van der Waals surface area contributed by atoms with E-state index in [1.54, 1.807) is 0 Å². The Bertz CT molecular complexity index is 543. The number of aliphatic hydroxyl groups excluding tert-OH is 1. The van der Waals surface area contributed by atoms with E-state index in [2.05, 4.69) is 5.32 Å². The van der Waals surface area contributed by atoms with Gasteiger partial charge in [0.1, 0.15) is 17.3 Å². The first-order valence-corrected chi connectivity index (χ1v) is 6.64. The first-order valence-electron chi connectivity index (χ1n) is 6.64. The monoisotopic (exact) mass is 293 g/mol. The summed E-state index contributed by atoms with van der Waals surface area (Å²) in [7, 11) is 0. The van der Waals surface area contributed by atoms with Crippen LogP contribution in [0.5, 0.6) is 0 Å². The lowest BCUT2D eigenvalue weighted by atomic mass is 10.2. The summed E-state index contributed by atoms with van der Waals surface area (Å²) >= 11 is 0. The van der Waals surface area contributed by atoms with Gasteiger partial charge in [0.05, 0.1) is 19.3 Å². The number of hydrogen-bond donors (Lipinski definition) is 2. The molecule has 0 saturated carbocycles. The van der Waals surface area contributed by atoms with Gasteiger partial charge in [-0.05, 0) is 17.7 Å². The van der Waals surface area contributed by atoms with E-state index >= 15 is 0 Å². The molecule has 0 bridgehead atoms. The molecular weight excluding hydrogens is 276 g/mol. The number of halogens is 2. The van der Waals surface area contributed by atoms with E-state index in [9.17, 15) is 13.9 Å². The van der Waals surface area contributed by atoms with Crippen molar-refractivity contribution in [3.63, 3.8) is 0 Å². The number of rotatable bonds is 7. The van der Waals surface area contributed by atoms with Gasteiger partial charge in [0, 0.05) is 6.54 Å². The first-order chi connectivity index (χ1) is 10.2. The van der Waals surface area contributed by atoms with Crippen molar-refractivity contribution >= 4 is 5.69 Å². The fraction of sp³-hybridized carbons (Fsp3) is 0.250. The van der Waals surface area contributed by atoms with Gasteiger partial charge >= 0.3 is 0 Å². The van der Waals surface area contributed by atoms with Crippen LogP contribution in [-0.4, -0.2) is 24.4 Å². The second kappa shape index (κ2) is 7.71. The van der Waals surface area contributed by atoms with Crippen LogP contribution in [0.2, 0.25) is 0 Å². The fourth-order valence-corrected chi connectivity index (χ4v) is 1.83. The summed E-state index contributed by atoms with van der Waals surface area (Å²) < 4.78 is 32.1. The quantitative estimate of drug-likeness (QED) is 0.824. The lowest BCUT2D eigenvalue weighted by molar-refractivity contribution is 0.0348. The molecule has 3 nitrogen and oxygen atoms in total. The molecule has 0 radical (unpaired) electrons. The highest BCUT2D eigenvalue weighted by molar-refractivity contribution is 5.46. The van der Waals surface area contributed by atoms with E-state index in [4.69, 9.17) is 4.74 Å². The van der Waals surface area contributed by atoms with Crippen molar-refractivity contribution < 1.29 is 18.6 Å². The van der Waals surface area contributed by atoms with Gasteiger partial charge in [0.2, 0.25) is 0 Å². The van der Waals surface area contributed by atoms with Crippen molar-refractivity contribution in [2.24, 2.45) is 0 Å². The van der Waals surface area contributed by atoms with Gasteiger partial charge < -0.3 is 15.2 Å². The Labute approximate surface area is 122 Å². The number of aliphatic hydroxyl groups is 1. The molecule has 0 amide bonds. The summed E-state index contributed by atoms with van der Waals surface area (Å²) in [6.45, 7) is 0.469. The van der Waals surface area contributed by atoms with E-state index < -0.39 is 17.7 Å². The van der Waals surface area contributed by atoms with Crippen LogP contribution in [0.25, 0.3) is 0 Å². The summed E-state index contributed by atoms with van der Waals surface area (Å²) in [5.41, 5.74) is 0.761. The Morgan fingerprint density at radius 1 is 1.00 bits per heavy atom. The second-order valence-corrected chi connectivity index (χ2v) is 4.63. The van der Waals surface area contributed by atoms with E-state index in [1.807, 2.05) is 30.3 Å². The average molecular weight is 293 g/mol. The lowest BCUT2D eigenvalue weighted by Crippen LogP contribution is -2.25. The number of benzene rings is 2. The van der Waals surface area contributed by atoms with Crippen LogP contribution in [0, 0.1) is 11.6 Å². The largest absolute Gasteiger partial charge is 0.389 e. The van der Waals surface area contributed by atoms with Crippen molar-refractivity contribution in [2.75, 3.05) is 18.5 Å². The van der Waals surface area contributed by atoms with E-state index in [1.165, 1.54) is 6.07 Å². The number of nitrogens with one attached hydrogen (secondary N) is 1. The van der Waals surface area contributed by atoms with Gasteiger partial charge in [-0.3, -0.25) is 0 Å². The molecule has 0 saturated heterocycles. The topological polar surface area (TPSA) is 41.5 Å². The molecule has 0 aliphatic heterocycles. The standard InChI is InChI=1S/C16H17F2NO2/c17-14-7-4-8-15(18)16(14)19-9-13(20)11-21-10-12-5-2-1-3-6-12/h1-8,13,19-20H,9-11H2. The molecule has 0 spiro atoms. The minimum atomic E-state index is -0.854. The van der Waals surface area contributed by atoms with Gasteiger partial charge in [-0.1, -0.05) is 36.4 Å². The van der Waals surface area contributed by atoms with Crippen LogP contribution in [0.1, 0.15) is 5.56 Å². The molecular formula is C16H17F2NO2. The number of anilines is 1. The SMILES string of the molecule is OC(CNc1c(F)cccc1F)COCc1ccccc1. The van der Waals surface area contributed by atoms with Gasteiger partial charge in [-0.15, -0.1) is 0 Å². The molecule has 0 aromatic heterocycles. The normalized spacial score (nSPS) is 12.1. The highest BCUT2D eigenvalue weighted by Crippen LogP contribution is 2.17. The van der Waals surface area contributed by atoms with E-state index in [-0.39, 0.29) is 18.8 Å². The Morgan fingerprint density at radius 2 is 1.67 bits per heavy atom. The van der Waals surface area contributed by atoms with Gasteiger partial charge in [0.25, 0.3) is 0 Å².